The van der Waals surface area contributed by atoms with Crippen LogP contribution in [0, 0.1) is 0 Å². The lowest BCUT2D eigenvalue weighted by atomic mass is 10.2. The minimum Gasteiger partial charge on any atom is -0.381 e. The van der Waals surface area contributed by atoms with Crippen LogP contribution in [0.5, 0.6) is 0 Å². The minimum absolute atomic E-state index is 0.811. The van der Waals surface area contributed by atoms with Gasteiger partial charge in [0.05, 0.1) is 6.20 Å². The largest absolute Gasteiger partial charge is 0.381 e. The normalized spacial score (nSPS) is 11.7. The molecular formula is C16H31N5O. The monoisotopic (exact) mass is 309 g/mol. The lowest BCUT2D eigenvalue weighted by Gasteiger charge is -2.11. The molecule has 22 heavy (non-hydrogen) atoms. The Morgan fingerprint density at radius 2 is 1.95 bits per heavy atom. The number of hydrogen-bond acceptors (Lipinski definition) is 3. The molecule has 1 aromatic rings. The van der Waals surface area contributed by atoms with Gasteiger partial charge in [0.2, 0.25) is 0 Å². The molecule has 0 aliphatic heterocycles. The zero-order valence-electron chi connectivity index (χ0n) is 14.3. The molecule has 1 rings (SSSR count). The molecule has 6 nitrogen and oxygen atoms in total. The van der Waals surface area contributed by atoms with Crippen molar-refractivity contribution in [1.29, 1.82) is 0 Å². The molecule has 1 aromatic heterocycles. The van der Waals surface area contributed by atoms with E-state index in [-0.39, 0.29) is 0 Å². The van der Waals surface area contributed by atoms with E-state index >= 15 is 0 Å². The van der Waals surface area contributed by atoms with Gasteiger partial charge in [0.1, 0.15) is 0 Å². The molecule has 0 saturated heterocycles. The Hall–Kier alpha value is -1.56. The van der Waals surface area contributed by atoms with Crippen molar-refractivity contribution >= 4 is 5.96 Å². The van der Waals surface area contributed by atoms with Crippen molar-refractivity contribution < 1.29 is 4.74 Å². The Labute approximate surface area is 134 Å². The minimum atomic E-state index is 0.811. The second-order valence-electron chi connectivity index (χ2n) is 5.37. The van der Waals surface area contributed by atoms with E-state index in [1.807, 2.05) is 17.9 Å². The predicted octanol–water partition coefficient (Wildman–Crippen LogP) is 1.72. The molecule has 0 atom stereocenters. The molecule has 126 valence electrons. The summed E-state index contributed by atoms with van der Waals surface area (Å²) < 4.78 is 7.37. The van der Waals surface area contributed by atoms with Crippen LogP contribution in [0.3, 0.4) is 0 Å². The van der Waals surface area contributed by atoms with Crippen molar-refractivity contribution in [3.05, 3.63) is 18.0 Å². The highest BCUT2D eigenvalue weighted by atomic mass is 16.5. The van der Waals surface area contributed by atoms with Crippen LogP contribution in [0.1, 0.15) is 38.2 Å². The number of rotatable bonds is 11. The molecule has 0 bridgehead atoms. The number of ether oxygens (including phenoxy) is 1. The second kappa shape index (κ2) is 12.0. The third kappa shape index (κ3) is 8.67. The maximum atomic E-state index is 5.53. The van der Waals surface area contributed by atoms with Gasteiger partial charge in [0.25, 0.3) is 0 Å². The average Bonchev–Trinajstić information content (AvgIpc) is 2.94. The van der Waals surface area contributed by atoms with Crippen LogP contribution in [0.4, 0.5) is 0 Å². The van der Waals surface area contributed by atoms with Crippen molar-refractivity contribution in [3.63, 3.8) is 0 Å². The number of aryl methyl sites for hydroxylation is 2. The first-order chi connectivity index (χ1) is 10.8. The first kappa shape index (κ1) is 18.5. The van der Waals surface area contributed by atoms with Gasteiger partial charge < -0.3 is 15.4 Å². The third-order valence-corrected chi connectivity index (χ3v) is 3.32. The Kier molecular flexibility index (Phi) is 10.1. The van der Waals surface area contributed by atoms with E-state index in [9.17, 15) is 0 Å². The van der Waals surface area contributed by atoms with Gasteiger partial charge in [-0.3, -0.25) is 9.67 Å². The van der Waals surface area contributed by atoms with E-state index in [0.29, 0.717) is 0 Å². The first-order valence-corrected chi connectivity index (χ1v) is 8.26. The summed E-state index contributed by atoms with van der Waals surface area (Å²) in [5, 5.41) is 10.8. The summed E-state index contributed by atoms with van der Waals surface area (Å²) in [5.74, 6) is 0.861. The summed E-state index contributed by atoms with van der Waals surface area (Å²) in [6.45, 7) is 5.65. The zero-order valence-corrected chi connectivity index (χ0v) is 14.3. The summed E-state index contributed by atoms with van der Waals surface area (Å²) in [5.41, 5.74) is 1.27. The highest BCUT2D eigenvalue weighted by Crippen LogP contribution is 1.99. The highest BCUT2D eigenvalue weighted by molar-refractivity contribution is 5.79. The SMILES string of the molecule is CCCCOCCCNC(=NC)NCCCc1cnn(C)c1. The van der Waals surface area contributed by atoms with E-state index < -0.39 is 0 Å². The van der Waals surface area contributed by atoms with Gasteiger partial charge in [-0.1, -0.05) is 13.3 Å². The van der Waals surface area contributed by atoms with Crippen LogP contribution in [0.15, 0.2) is 17.4 Å². The standard InChI is InChI=1S/C16H31N5O/c1-4-5-11-22-12-7-10-19-16(17-2)18-9-6-8-15-13-20-21(3)14-15/h13-14H,4-12H2,1-3H3,(H2,17,18,19). The number of hydrogen-bond donors (Lipinski definition) is 2. The maximum Gasteiger partial charge on any atom is 0.190 e. The number of guanidine groups is 1. The molecular weight excluding hydrogens is 278 g/mol. The summed E-state index contributed by atoms with van der Waals surface area (Å²) in [6, 6.07) is 0. The maximum absolute atomic E-state index is 5.53. The Balaban J connectivity index is 2.00. The van der Waals surface area contributed by atoms with Crippen molar-refractivity contribution in [2.24, 2.45) is 12.0 Å². The molecule has 0 spiro atoms. The first-order valence-electron chi connectivity index (χ1n) is 8.26. The zero-order chi connectivity index (χ0) is 16.0. The summed E-state index contributed by atoms with van der Waals surface area (Å²) >= 11 is 0. The fourth-order valence-electron chi connectivity index (χ4n) is 2.05. The lowest BCUT2D eigenvalue weighted by molar-refractivity contribution is 0.129. The van der Waals surface area contributed by atoms with Crippen LogP contribution in [-0.2, 0) is 18.2 Å². The van der Waals surface area contributed by atoms with Gasteiger partial charge >= 0.3 is 0 Å². The number of nitrogens with zero attached hydrogens (tertiary/aromatic N) is 3. The number of aliphatic imine (C=N–C) groups is 1. The van der Waals surface area contributed by atoms with E-state index in [1.54, 1.807) is 7.05 Å². The van der Waals surface area contributed by atoms with E-state index in [0.717, 1.165) is 57.9 Å². The van der Waals surface area contributed by atoms with Gasteiger partial charge in [0, 0.05) is 46.6 Å². The Morgan fingerprint density at radius 1 is 1.23 bits per heavy atom. The summed E-state index contributed by atoms with van der Waals surface area (Å²) in [6.07, 6.45) is 9.41. The van der Waals surface area contributed by atoms with Gasteiger partial charge in [-0.15, -0.1) is 0 Å². The Morgan fingerprint density at radius 3 is 2.59 bits per heavy atom. The second-order valence-corrected chi connectivity index (χ2v) is 5.37. The van der Waals surface area contributed by atoms with Crippen molar-refractivity contribution in [3.8, 4) is 0 Å². The van der Waals surface area contributed by atoms with Crippen molar-refractivity contribution in [2.45, 2.75) is 39.0 Å². The molecule has 0 aliphatic carbocycles. The van der Waals surface area contributed by atoms with Gasteiger partial charge in [-0.05, 0) is 31.2 Å². The van der Waals surface area contributed by atoms with Crippen LogP contribution in [-0.4, -0.2) is 49.1 Å². The molecule has 0 fully saturated rings. The van der Waals surface area contributed by atoms with E-state index in [2.05, 4.69) is 33.8 Å². The number of unbranched alkanes of at least 4 members (excludes halogenated alkanes) is 1. The molecule has 1 heterocycles. The van der Waals surface area contributed by atoms with Gasteiger partial charge in [-0.25, -0.2) is 0 Å². The molecule has 0 aliphatic rings. The van der Waals surface area contributed by atoms with E-state index in [4.69, 9.17) is 4.74 Å². The lowest BCUT2D eigenvalue weighted by Crippen LogP contribution is -2.38. The quantitative estimate of drug-likeness (QED) is 0.371. The van der Waals surface area contributed by atoms with Crippen LogP contribution < -0.4 is 10.6 Å². The smallest absolute Gasteiger partial charge is 0.190 e. The topological polar surface area (TPSA) is 63.5 Å². The van der Waals surface area contributed by atoms with Gasteiger partial charge in [0.15, 0.2) is 5.96 Å². The van der Waals surface area contributed by atoms with Crippen LogP contribution in [0.2, 0.25) is 0 Å². The van der Waals surface area contributed by atoms with Crippen molar-refractivity contribution in [1.82, 2.24) is 20.4 Å². The fraction of sp³-hybridized carbons (Fsp3) is 0.750. The molecule has 0 radical (unpaired) electrons. The average molecular weight is 309 g/mol. The predicted molar refractivity (Wildman–Crippen MR) is 91.2 cm³/mol. The molecule has 0 unspecified atom stereocenters. The molecule has 0 saturated carbocycles. The highest BCUT2D eigenvalue weighted by Gasteiger charge is 1.99. The number of aromatic nitrogens is 2. The van der Waals surface area contributed by atoms with Crippen LogP contribution >= 0.6 is 0 Å². The fourth-order valence-corrected chi connectivity index (χ4v) is 2.05. The summed E-state index contributed by atoms with van der Waals surface area (Å²) in [7, 11) is 3.74. The number of nitrogens with one attached hydrogen (secondary N) is 2. The summed E-state index contributed by atoms with van der Waals surface area (Å²) in [4.78, 5) is 4.22. The van der Waals surface area contributed by atoms with E-state index in [1.165, 1.54) is 12.0 Å². The molecule has 0 amide bonds. The van der Waals surface area contributed by atoms with Crippen molar-refractivity contribution in [2.75, 3.05) is 33.4 Å². The molecule has 6 heteroatoms. The van der Waals surface area contributed by atoms with Crippen LogP contribution in [0.25, 0.3) is 0 Å². The third-order valence-electron chi connectivity index (χ3n) is 3.32. The van der Waals surface area contributed by atoms with Gasteiger partial charge in [-0.2, -0.15) is 5.10 Å². The molecule has 0 aromatic carbocycles. The molecule has 2 N–H and O–H groups in total. The Bertz CT molecular complexity index is 416.